The summed E-state index contributed by atoms with van der Waals surface area (Å²) in [4.78, 5) is -0.562. The van der Waals surface area contributed by atoms with Gasteiger partial charge < -0.3 is 0 Å². The summed E-state index contributed by atoms with van der Waals surface area (Å²) in [6.07, 6.45) is -0.0184. The monoisotopic (exact) mass is 440 g/mol. The molecule has 0 saturated carbocycles. The van der Waals surface area contributed by atoms with Crippen LogP contribution in [0.2, 0.25) is 0 Å². The van der Waals surface area contributed by atoms with E-state index in [0.29, 0.717) is 0 Å². The van der Waals surface area contributed by atoms with Crippen molar-refractivity contribution in [2.75, 3.05) is 16.2 Å². The lowest BCUT2D eigenvalue weighted by Gasteiger charge is -2.13. The number of anilines is 1. The molecule has 0 amide bonds. The molecule has 0 aliphatic carbocycles. The highest BCUT2D eigenvalue weighted by molar-refractivity contribution is 7.96. The van der Waals surface area contributed by atoms with Crippen LogP contribution in [0.4, 0.5) is 5.69 Å². The Balaban J connectivity index is 1.96. The molecule has 0 spiro atoms. The van der Waals surface area contributed by atoms with E-state index in [4.69, 9.17) is 5.26 Å². The van der Waals surface area contributed by atoms with Crippen molar-refractivity contribution >= 4 is 35.4 Å². The minimum absolute atomic E-state index is 0.0184. The van der Waals surface area contributed by atoms with Gasteiger partial charge in [-0.25, -0.2) is 25.3 Å². The van der Waals surface area contributed by atoms with Crippen LogP contribution in [-0.4, -0.2) is 42.0 Å². The zero-order valence-corrected chi connectivity index (χ0v) is 16.9. The van der Waals surface area contributed by atoms with Crippen molar-refractivity contribution in [3.05, 3.63) is 54.1 Å². The molecule has 1 aliphatic rings. The summed E-state index contributed by atoms with van der Waals surface area (Å²) in [6, 6.07) is 12.6. The quantitative estimate of drug-likeness (QED) is 0.740. The molecule has 2 aromatic rings. The fourth-order valence-electron chi connectivity index (χ4n) is 2.89. The summed E-state index contributed by atoms with van der Waals surface area (Å²) in [5, 5.41) is 7.99. The topological polar surface area (TPSA) is 138 Å². The molecule has 1 aliphatic heterocycles. The number of benzene rings is 2. The number of hydrogen-bond acceptors (Lipinski definition) is 7. The molecule has 1 saturated heterocycles. The number of nitrogens with zero attached hydrogens (tertiary/aromatic N) is 1. The van der Waals surface area contributed by atoms with E-state index >= 15 is 0 Å². The molecule has 0 radical (unpaired) electrons. The van der Waals surface area contributed by atoms with Gasteiger partial charge in [0, 0.05) is 0 Å². The minimum atomic E-state index is -4.16. The molecule has 0 bridgehead atoms. The summed E-state index contributed by atoms with van der Waals surface area (Å²) in [5.41, 5.74) is 0.186. The standard InChI is InChI=1S/C17H16N2O6S3/c18-11-13-4-1-2-7-17(13)19-28(24,25)15-6-3-5-14(10-15)27(22,23)16-8-9-26(20,21)12-16/h1-7,10,16,19H,8-9,12H2/t16-/m0/s1. The molecule has 148 valence electrons. The SMILES string of the molecule is N#Cc1ccccc1NS(=O)(=O)c1cccc(S(=O)(=O)[C@H]2CCS(=O)(=O)C2)c1. The van der Waals surface area contributed by atoms with Crippen LogP contribution >= 0.6 is 0 Å². The lowest BCUT2D eigenvalue weighted by atomic mass is 10.2. The summed E-state index contributed by atoms with van der Waals surface area (Å²) >= 11 is 0. The van der Waals surface area contributed by atoms with E-state index in [2.05, 4.69) is 4.72 Å². The van der Waals surface area contributed by atoms with Gasteiger partial charge in [0.15, 0.2) is 19.7 Å². The van der Waals surface area contributed by atoms with E-state index in [1.54, 1.807) is 12.1 Å². The Bertz CT molecular complexity index is 1280. The van der Waals surface area contributed by atoms with Crippen LogP contribution in [0.15, 0.2) is 58.3 Å². The number of para-hydroxylation sites is 1. The number of nitrogens with one attached hydrogen (secondary N) is 1. The zero-order chi connectivity index (χ0) is 20.6. The third kappa shape index (κ3) is 4.04. The minimum Gasteiger partial charge on any atom is -0.278 e. The van der Waals surface area contributed by atoms with Gasteiger partial charge in [-0.1, -0.05) is 18.2 Å². The van der Waals surface area contributed by atoms with Crippen molar-refractivity contribution in [3.63, 3.8) is 0 Å². The fourth-order valence-corrected chi connectivity index (χ4v) is 8.49. The predicted molar refractivity (Wildman–Crippen MR) is 103 cm³/mol. The Labute approximate surface area is 163 Å². The molecule has 28 heavy (non-hydrogen) atoms. The van der Waals surface area contributed by atoms with Crippen LogP contribution in [0.1, 0.15) is 12.0 Å². The first-order chi connectivity index (χ1) is 13.0. The molecule has 0 unspecified atom stereocenters. The van der Waals surface area contributed by atoms with Gasteiger partial charge in [0.2, 0.25) is 0 Å². The van der Waals surface area contributed by atoms with Crippen LogP contribution in [0.3, 0.4) is 0 Å². The summed E-state index contributed by atoms with van der Waals surface area (Å²) in [5.74, 6) is -0.679. The lowest BCUT2D eigenvalue weighted by molar-refractivity contribution is 0.582. The fraction of sp³-hybridized carbons (Fsp3) is 0.235. The summed E-state index contributed by atoms with van der Waals surface area (Å²) < 4.78 is 76.3. The Hall–Kier alpha value is -2.42. The molecule has 1 heterocycles. The van der Waals surface area contributed by atoms with Crippen molar-refractivity contribution in [3.8, 4) is 6.07 Å². The first-order valence-corrected chi connectivity index (χ1v) is 13.0. The maximum Gasteiger partial charge on any atom is 0.261 e. The van der Waals surface area contributed by atoms with Crippen molar-refractivity contribution in [2.24, 2.45) is 0 Å². The second kappa shape index (κ2) is 7.20. The van der Waals surface area contributed by atoms with E-state index in [1.165, 1.54) is 30.3 Å². The van der Waals surface area contributed by atoms with Gasteiger partial charge in [0.25, 0.3) is 10.0 Å². The summed E-state index contributed by atoms with van der Waals surface area (Å²) in [6.45, 7) is 0. The smallest absolute Gasteiger partial charge is 0.261 e. The highest BCUT2D eigenvalue weighted by atomic mass is 32.2. The highest BCUT2D eigenvalue weighted by Gasteiger charge is 2.38. The first kappa shape index (κ1) is 20.3. The Morgan fingerprint density at radius 2 is 1.68 bits per heavy atom. The second-order valence-corrected chi connectivity index (χ2v) is 12.4. The van der Waals surface area contributed by atoms with Crippen LogP contribution in [0.25, 0.3) is 0 Å². The molecule has 1 fully saturated rings. The molecule has 1 N–H and O–H groups in total. The molecule has 11 heteroatoms. The van der Waals surface area contributed by atoms with E-state index < -0.39 is 40.7 Å². The molecule has 2 aromatic carbocycles. The van der Waals surface area contributed by atoms with E-state index in [9.17, 15) is 25.3 Å². The molecule has 8 nitrogen and oxygen atoms in total. The Morgan fingerprint density at radius 3 is 2.32 bits per heavy atom. The molecular weight excluding hydrogens is 424 g/mol. The van der Waals surface area contributed by atoms with E-state index in [0.717, 1.165) is 6.07 Å². The lowest BCUT2D eigenvalue weighted by Crippen LogP contribution is -2.23. The summed E-state index contributed by atoms with van der Waals surface area (Å²) in [7, 11) is -11.6. The van der Waals surface area contributed by atoms with Crippen LogP contribution in [-0.2, 0) is 29.7 Å². The maximum atomic E-state index is 12.7. The van der Waals surface area contributed by atoms with Crippen molar-refractivity contribution in [2.45, 2.75) is 21.5 Å². The number of rotatable bonds is 5. The van der Waals surface area contributed by atoms with Gasteiger partial charge in [-0.2, -0.15) is 5.26 Å². The number of nitriles is 1. The van der Waals surface area contributed by atoms with Crippen LogP contribution < -0.4 is 4.72 Å². The van der Waals surface area contributed by atoms with Gasteiger partial charge in [0.05, 0.1) is 37.8 Å². The maximum absolute atomic E-state index is 12.7. The molecule has 1 atom stereocenters. The first-order valence-electron chi connectivity index (χ1n) is 8.11. The van der Waals surface area contributed by atoms with Gasteiger partial charge in [-0.3, -0.25) is 4.72 Å². The molecule has 3 rings (SSSR count). The van der Waals surface area contributed by atoms with Crippen molar-refractivity contribution in [1.82, 2.24) is 0 Å². The predicted octanol–water partition coefficient (Wildman–Crippen LogP) is 1.32. The number of hydrogen-bond donors (Lipinski definition) is 1. The highest BCUT2D eigenvalue weighted by Crippen LogP contribution is 2.27. The average molecular weight is 441 g/mol. The third-order valence-corrected chi connectivity index (χ3v) is 9.90. The van der Waals surface area contributed by atoms with Crippen LogP contribution in [0, 0.1) is 11.3 Å². The Morgan fingerprint density at radius 1 is 1.00 bits per heavy atom. The van der Waals surface area contributed by atoms with E-state index in [1.807, 2.05) is 6.07 Å². The Kier molecular flexibility index (Phi) is 5.22. The van der Waals surface area contributed by atoms with Gasteiger partial charge >= 0.3 is 0 Å². The zero-order valence-electron chi connectivity index (χ0n) is 14.4. The number of sulfone groups is 2. The van der Waals surface area contributed by atoms with Crippen molar-refractivity contribution < 1.29 is 25.3 Å². The van der Waals surface area contributed by atoms with E-state index in [-0.39, 0.29) is 33.2 Å². The molecule has 0 aromatic heterocycles. The third-order valence-electron chi connectivity index (χ3n) is 4.37. The van der Waals surface area contributed by atoms with Gasteiger partial charge in [0.1, 0.15) is 6.07 Å². The van der Waals surface area contributed by atoms with Gasteiger partial charge in [-0.05, 0) is 36.8 Å². The number of sulfonamides is 1. The van der Waals surface area contributed by atoms with Gasteiger partial charge in [-0.15, -0.1) is 0 Å². The van der Waals surface area contributed by atoms with Crippen LogP contribution in [0.5, 0.6) is 0 Å². The normalized spacial score (nSPS) is 19.0. The molecular formula is C17H16N2O6S3. The second-order valence-electron chi connectivity index (χ2n) is 6.31. The van der Waals surface area contributed by atoms with Crippen molar-refractivity contribution in [1.29, 1.82) is 5.26 Å². The average Bonchev–Trinajstić information content (AvgIpc) is 3.02. The largest absolute Gasteiger partial charge is 0.278 e.